The second-order valence-electron chi connectivity index (χ2n) is 8.90. The lowest BCUT2D eigenvalue weighted by atomic mass is 10.1. The van der Waals surface area contributed by atoms with Gasteiger partial charge in [0.05, 0.1) is 12.6 Å². The molecule has 36 heavy (non-hydrogen) atoms. The van der Waals surface area contributed by atoms with E-state index in [0.717, 1.165) is 29.0 Å². The number of carbonyl (C=O) groups is 2. The zero-order valence-corrected chi connectivity index (χ0v) is 20.9. The summed E-state index contributed by atoms with van der Waals surface area (Å²) in [6.07, 6.45) is 1.89. The Morgan fingerprint density at radius 1 is 1.11 bits per heavy atom. The van der Waals surface area contributed by atoms with Crippen molar-refractivity contribution in [2.45, 2.75) is 38.5 Å². The number of aromatic amines is 1. The molecule has 1 fully saturated rings. The first-order valence-corrected chi connectivity index (χ1v) is 13.0. The Labute approximate surface area is 214 Å². The lowest BCUT2D eigenvalue weighted by molar-refractivity contribution is -0.127. The Morgan fingerprint density at radius 2 is 1.97 bits per heavy atom. The highest BCUT2D eigenvalue weighted by Crippen LogP contribution is 2.29. The maximum Gasteiger partial charge on any atom is 0.271 e. The zero-order chi connectivity index (χ0) is 24.9. The summed E-state index contributed by atoms with van der Waals surface area (Å²) in [6.45, 7) is 3.21. The Balaban J connectivity index is 1.47. The predicted molar refractivity (Wildman–Crippen MR) is 139 cm³/mol. The molecule has 8 heteroatoms. The van der Waals surface area contributed by atoms with Gasteiger partial charge in [0.2, 0.25) is 0 Å². The molecular formula is C28H29N3O4S. The van der Waals surface area contributed by atoms with Gasteiger partial charge in [-0.3, -0.25) is 9.59 Å². The molecule has 0 unspecified atom stereocenters. The third-order valence-electron chi connectivity index (χ3n) is 6.29. The lowest BCUT2D eigenvalue weighted by Gasteiger charge is -2.29. The number of amides is 2. The number of aryl methyl sites for hydroxylation is 1. The number of hydrogen-bond acceptors (Lipinski definition) is 5. The molecule has 4 heterocycles. The summed E-state index contributed by atoms with van der Waals surface area (Å²) in [5, 5.41) is 4.97. The van der Waals surface area contributed by atoms with Crippen LogP contribution in [0, 0.1) is 6.92 Å². The number of hydrogen-bond donors (Lipinski definition) is 2. The second-order valence-corrected chi connectivity index (χ2v) is 9.93. The number of ether oxygens (including phenoxy) is 1. The van der Waals surface area contributed by atoms with Crippen molar-refractivity contribution in [2.75, 3.05) is 13.2 Å². The highest BCUT2D eigenvalue weighted by molar-refractivity contribution is 7.09. The quantitative estimate of drug-likeness (QED) is 0.323. The average Bonchev–Trinajstić information content (AvgIpc) is 3.71. The van der Waals surface area contributed by atoms with Crippen molar-refractivity contribution in [3.8, 4) is 11.3 Å². The smallest absolute Gasteiger partial charge is 0.271 e. The van der Waals surface area contributed by atoms with E-state index in [1.54, 1.807) is 28.4 Å². The van der Waals surface area contributed by atoms with Crippen LogP contribution in [0.2, 0.25) is 0 Å². The number of thiophene rings is 1. The van der Waals surface area contributed by atoms with Gasteiger partial charge in [0.1, 0.15) is 17.2 Å². The fourth-order valence-electron chi connectivity index (χ4n) is 4.45. The van der Waals surface area contributed by atoms with E-state index in [4.69, 9.17) is 9.15 Å². The summed E-state index contributed by atoms with van der Waals surface area (Å²) in [5.41, 5.74) is 2.22. The molecule has 0 bridgehead atoms. The van der Waals surface area contributed by atoms with Crippen LogP contribution in [0.25, 0.3) is 11.3 Å². The summed E-state index contributed by atoms with van der Waals surface area (Å²) < 4.78 is 11.6. The molecule has 1 aliphatic heterocycles. The molecule has 4 aromatic rings. The van der Waals surface area contributed by atoms with Crippen molar-refractivity contribution >= 4 is 23.2 Å². The van der Waals surface area contributed by atoms with Gasteiger partial charge in [-0.25, -0.2) is 0 Å². The zero-order valence-electron chi connectivity index (χ0n) is 20.1. The van der Waals surface area contributed by atoms with Gasteiger partial charge in [0.15, 0.2) is 6.04 Å². The van der Waals surface area contributed by atoms with Crippen molar-refractivity contribution in [2.24, 2.45) is 0 Å². The van der Waals surface area contributed by atoms with E-state index in [9.17, 15) is 9.59 Å². The van der Waals surface area contributed by atoms with Crippen LogP contribution < -0.4 is 5.32 Å². The standard InChI is InChI=1S/C28H29N3O4S/c1-19-11-14-25(35-19)26(27(32)29-17-21-9-5-15-34-21)31(18-22-10-6-16-36-22)28(33)24-13-12-23(30-24)20-7-3-2-4-8-20/h2-4,6-8,10-14,16,21,26,30H,5,9,15,17-18H2,1H3,(H,29,32)/t21-,26+/m0/s1. The molecule has 2 atom stereocenters. The van der Waals surface area contributed by atoms with E-state index < -0.39 is 6.04 Å². The van der Waals surface area contributed by atoms with Gasteiger partial charge < -0.3 is 24.4 Å². The molecule has 0 saturated carbocycles. The number of carbonyl (C=O) groups excluding carboxylic acids is 2. The fourth-order valence-corrected chi connectivity index (χ4v) is 5.16. The number of H-pyrrole nitrogens is 1. The minimum absolute atomic E-state index is 0.00813. The van der Waals surface area contributed by atoms with Gasteiger partial charge in [-0.15, -0.1) is 11.3 Å². The molecule has 7 nitrogen and oxygen atoms in total. The van der Waals surface area contributed by atoms with E-state index in [2.05, 4.69) is 10.3 Å². The van der Waals surface area contributed by atoms with E-state index in [-0.39, 0.29) is 24.5 Å². The Bertz CT molecular complexity index is 1290. The van der Waals surface area contributed by atoms with E-state index in [1.165, 1.54) is 0 Å². The second kappa shape index (κ2) is 11.0. The van der Waals surface area contributed by atoms with Crippen LogP contribution in [-0.2, 0) is 16.1 Å². The Hall–Kier alpha value is -3.62. The SMILES string of the molecule is Cc1ccc([C@H](C(=O)NC[C@@H]2CCCO2)N(Cc2cccs2)C(=O)c2ccc(-c3ccccc3)[nH]2)o1. The minimum atomic E-state index is -0.932. The summed E-state index contributed by atoms with van der Waals surface area (Å²) in [7, 11) is 0. The topological polar surface area (TPSA) is 87.6 Å². The van der Waals surface area contributed by atoms with E-state index in [1.807, 2.05) is 66.9 Å². The molecule has 0 aliphatic carbocycles. The molecule has 1 saturated heterocycles. The van der Waals surface area contributed by atoms with Gasteiger partial charge in [-0.2, -0.15) is 0 Å². The number of nitrogens with one attached hydrogen (secondary N) is 2. The summed E-state index contributed by atoms with van der Waals surface area (Å²) in [4.78, 5) is 33.4. The van der Waals surface area contributed by atoms with Crippen LogP contribution in [0.4, 0.5) is 0 Å². The van der Waals surface area contributed by atoms with Crippen LogP contribution >= 0.6 is 11.3 Å². The first kappa shape index (κ1) is 24.1. The van der Waals surface area contributed by atoms with E-state index in [0.29, 0.717) is 30.4 Å². The number of benzene rings is 1. The van der Waals surface area contributed by atoms with Crippen LogP contribution in [0.3, 0.4) is 0 Å². The van der Waals surface area contributed by atoms with Crippen LogP contribution in [0.15, 0.2) is 76.5 Å². The Kier molecular flexibility index (Phi) is 7.34. The molecule has 2 N–H and O–H groups in total. The third-order valence-corrected chi connectivity index (χ3v) is 7.15. The maximum atomic E-state index is 14.0. The molecule has 5 rings (SSSR count). The molecule has 3 aromatic heterocycles. The van der Waals surface area contributed by atoms with Crippen molar-refractivity contribution in [1.29, 1.82) is 0 Å². The normalized spacial score (nSPS) is 16.1. The van der Waals surface area contributed by atoms with Gasteiger partial charge >= 0.3 is 0 Å². The monoisotopic (exact) mass is 503 g/mol. The molecule has 1 aromatic carbocycles. The molecular weight excluding hydrogens is 474 g/mol. The Morgan fingerprint density at radius 3 is 2.67 bits per heavy atom. The highest BCUT2D eigenvalue weighted by Gasteiger charge is 2.35. The summed E-state index contributed by atoms with van der Waals surface area (Å²) in [5.74, 6) is 0.533. The van der Waals surface area contributed by atoms with Crippen molar-refractivity contribution in [3.05, 3.63) is 94.2 Å². The van der Waals surface area contributed by atoms with E-state index >= 15 is 0 Å². The molecule has 1 aliphatic rings. The molecule has 0 spiro atoms. The predicted octanol–water partition coefficient (Wildman–Crippen LogP) is 5.32. The summed E-state index contributed by atoms with van der Waals surface area (Å²) >= 11 is 1.54. The summed E-state index contributed by atoms with van der Waals surface area (Å²) in [6, 6.07) is 20.0. The first-order chi connectivity index (χ1) is 17.6. The first-order valence-electron chi connectivity index (χ1n) is 12.1. The van der Waals surface area contributed by atoms with Gasteiger partial charge in [0, 0.05) is 23.7 Å². The number of rotatable bonds is 9. The number of furan rings is 1. The number of aromatic nitrogens is 1. The van der Waals surface area contributed by atoms with Gasteiger partial charge in [0.25, 0.3) is 11.8 Å². The maximum absolute atomic E-state index is 14.0. The van der Waals surface area contributed by atoms with Crippen LogP contribution in [0.1, 0.15) is 45.8 Å². The molecule has 2 amide bonds. The van der Waals surface area contributed by atoms with Crippen molar-refractivity contribution in [1.82, 2.24) is 15.2 Å². The average molecular weight is 504 g/mol. The minimum Gasteiger partial charge on any atom is -0.464 e. The lowest BCUT2D eigenvalue weighted by Crippen LogP contribution is -2.45. The van der Waals surface area contributed by atoms with Crippen LogP contribution in [0.5, 0.6) is 0 Å². The number of nitrogens with zero attached hydrogens (tertiary/aromatic N) is 1. The largest absolute Gasteiger partial charge is 0.464 e. The fraction of sp³-hybridized carbons (Fsp3) is 0.286. The highest BCUT2D eigenvalue weighted by atomic mass is 32.1. The third kappa shape index (κ3) is 5.45. The van der Waals surface area contributed by atoms with Crippen molar-refractivity contribution in [3.63, 3.8) is 0 Å². The molecule has 0 radical (unpaired) electrons. The van der Waals surface area contributed by atoms with Gasteiger partial charge in [-0.1, -0.05) is 36.4 Å². The molecule has 186 valence electrons. The van der Waals surface area contributed by atoms with Crippen LogP contribution in [-0.4, -0.2) is 41.0 Å². The van der Waals surface area contributed by atoms with Crippen molar-refractivity contribution < 1.29 is 18.7 Å². The van der Waals surface area contributed by atoms with Gasteiger partial charge in [-0.05, 0) is 61.0 Å².